The standard InChI is InChI=1S/C13H11FN2O4S/c14-10-5-3-9(4-6-10)8-21(19,20)16-11-2-1-7-15-12(11)13(17)18/h1-7,16H,8H2,(H,17,18). The van der Waals surface area contributed by atoms with Gasteiger partial charge in [0.05, 0.1) is 11.4 Å². The first-order chi connectivity index (χ1) is 9.87. The number of hydrogen-bond donors (Lipinski definition) is 2. The lowest BCUT2D eigenvalue weighted by atomic mass is 10.2. The number of aromatic carboxylic acids is 1. The molecule has 2 aromatic rings. The molecule has 0 bridgehead atoms. The van der Waals surface area contributed by atoms with Gasteiger partial charge in [-0.3, -0.25) is 4.72 Å². The van der Waals surface area contributed by atoms with Gasteiger partial charge in [0.15, 0.2) is 5.69 Å². The Morgan fingerprint density at radius 3 is 2.52 bits per heavy atom. The van der Waals surface area contributed by atoms with Gasteiger partial charge in [-0.25, -0.2) is 22.6 Å². The number of carboxylic acid groups (broad SMARTS) is 1. The molecule has 0 fully saturated rings. The van der Waals surface area contributed by atoms with Crippen LogP contribution in [0.1, 0.15) is 16.1 Å². The Morgan fingerprint density at radius 1 is 1.24 bits per heavy atom. The molecule has 2 rings (SSSR count). The van der Waals surface area contributed by atoms with Crippen molar-refractivity contribution in [2.45, 2.75) is 5.75 Å². The highest BCUT2D eigenvalue weighted by atomic mass is 32.2. The molecule has 110 valence electrons. The zero-order chi connectivity index (χ0) is 15.5. The van der Waals surface area contributed by atoms with Crippen LogP contribution in [0.25, 0.3) is 0 Å². The SMILES string of the molecule is O=C(O)c1ncccc1NS(=O)(=O)Cc1ccc(F)cc1. The molecular formula is C13H11FN2O4S. The minimum Gasteiger partial charge on any atom is -0.476 e. The topological polar surface area (TPSA) is 96.4 Å². The van der Waals surface area contributed by atoms with Crippen LogP contribution in [0.15, 0.2) is 42.6 Å². The molecule has 0 aliphatic carbocycles. The number of carboxylic acids is 1. The predicted molar refractivity (Wildman–Crippen MR) is 73.8 cm³/mol. The van der Waals surface area contributed by atoms with Crippen molar-refractivity contribution in [1.82, 2.24) is 4.98 Å². The van der Waals surface area contributed by atoms with E-state index in [2.05, 4.69) is 9.71 Å². The third-order valence-corrected chi connectivity index (χ3v) is 3.79. The molecule has 0 saturated heterocycles. The molecule has 6 nitrogen and oxygen atoms in total. The Bertz CT molecular complexity index is 760. The number of rotatable bonds is 5. The summed E-state index contributed by atoms with van der Waals surface area (Å²) in [7, 11) is -3.83. The molecule has 0 unspecified atom stereocenters. The molecule has 0 atom stereocenters. The van der Waals surface area contributed by atoms with Gasteiger partial charge in [-0.05, 0) is 29.8 Å². The molecule has 1 aromatic heterocycles. The summed E-state index contributed by atoms with van der Waals surface area (Å²) in [5.41, 5.74) is -0.128. The van der Waals surface area contributed by atoms with E-state index in [4.69, 9.17) is 5.11 Å². The lowest BCUT2D eigenvalue weighted by Crippen LogP contribution is -2.18. The van der Waals surface area contributed by atoms with E-state index in [1.165, 1.54) is 30.5 Å². The van der Waals surface area contributed by atoms with Gasteiger partial charge in [0.25, 0.3) is 0 Å². The van der Waals surface area contributed by atoms with E-state index in [9.17, 15) is 17.6 Å². The lowest BCUT2D eigenvalue weighted by molar-refractivity contribution is 0.0692. The summed E-state index contributed by atoms with van der Waals surface area (Å²) in [5, 5.41) is 8.94. The second kappa shape index (κ2) is 5.88. The Labute approximate surface area is 120 Å². The Balaban J connectivity index is 2.22. The summed E-state index contributed by atoms with van der Waals surface area (Å²) in [6.45, 7) is 0. The molecule has 0 aliphatic rings. The third kappa shape index (κ3) is 3.99. The van der Waals surface area contributed by atoms with Gasteiger partial charge in [0.2, 0.25) is 10.0 Å². The Morgan fingerprint density at radius 2 is 1.90 bits per heavy atom. The largest absolute Gasteiger partial charge is 0.476 e. The fourth-order valence-electron chi connectivity index (χ4n) is 1.66. The highest BCUT2D eigenvalue weighted by Gasteiger charge is 2.17. The molecule has 8 heteroatoms. The molecule has 1 aromatic carbocycles. The van der Waals surface area contributed by atoms with Crippen LogP contribution in [0.4, 0.5) is 10.1 Å². The Hall–Kier alpha value is -2.48. The van der Waals surface area contributed by atoms with Gasteiger partial charge in [-0.1, -0.05) is 12.1 Å². The number of benzene rings is 1. The monoisotopic (exact) mass is 310 g/mol. The maximum absolute atomic E-state index is 12.8. The van der Waals surface area contributed by atoms with Gasteiger partial charge in [-0.15, -0.1) is 0 Å². The van der Waals surface area contributed by atoms with Crippen LogP contribution in [0, 0.1) is 5.82 Å². The van der Waals surface area contributed by atoms with Crippen molar-refractivity contribution in [1.29, 1.82) is 0 Å². The van der Waals surface area contributed by atoms with Crippen LogP contribution in [-0.2, 0) is 15.8 Å². The van der Waals surface area contributed by atoms with Gasteiger partial charge < -0.3 is 5.11 Å². The highest BCUT2D eigenvalue weighted by molar-refractivity contribution is 7.91. The number of nitrogens with one attached hydrogen (secondary N) is 1. The van der Waals surface area contributed by atoms with Crippen molar-refractivity contribution in [2.24, 2.45) is 0 Å². The third-order valence-electron chi connectivity index (χ3n) is 2.55. The first-order valence-electron chi connectivity index (χ1n) is 5.80. The Kier molecular flexibility index (Phi) is 4.18. The molecule has 0 radical (unpaired) electrons. The van der Waals surface area contributed by atoms with Crippen LogP contribution in [-0.4, -0.2) is 24.5 Å². The molecule has 21 heavy (non-hydrogen) atoms. The first kappa shape index (κ1) is 14.9. The van der Waals surface area contributed by atoms with Crippen molar-refractivity contribution in [3.63, 3.8) is 0 Å². The van der Waals surface area contributed by atoms with Crippen LogP contribution in [0.3, 0.4) is 0 Å². The predicted octanol–water partition coefficient (Wildman–Crippen LogP) is 1.86. The van der Waals surface area contributed by atoms with Crippen molar-refractivity contribution in [2.75, 3.05) is 4.72 Å². The number of nitrogens with zero attached hydrogens (tertiary/aromatic N) is 1. The van der Waals surface area contributed by atoms with E-state index in [1.807, 2.05) is 0 Å². The van der Waals surface area contributed by atoms with Crippen LogP contribution >= 0.6 is 0 Å². The van der Waals surface area contributed by atoms with Crippen molar-refractivity contribution >= 4 is 21.7 Å². The van der Waals surface area contributed by atoms with Crippen LogP contribution in [0.2, 0.25) is 0 Å². The van der Waals surface area contributed by atoms with E-state index >= 15 is 0 Å². The van der Waals surface area contributed by atoms with E-state index in [-0.39, 0.29) is 11.4 Å². The zero-order valence-corrected chi connectivity index (χ0v) is 11.5. The summed E-state index contributed by atoms with van der Waals surface area (Å²) in [6, 6.07) is 7.71. The fourth-order valence-corrected chi connectivity index (χ4v) is 2.86. The summed E-state index contributed by atoms with van der Waals surface area (Å²) in [4.78, 5) is 14.6. The van der Waals surface area contributed by atoms with Crippen molar-refractivity contribution in [3.05, 3.63) is 59.7 Å². The van der Waals surface area contributed by atoms with Crippen LogP contribution < -0.4 is 4.72 Å². The lowest BCUT2D eigenvalue weighted by Gasteiger charge is -2.09. The molecule has 0 aliphatic heterocycles. The zero-order valence-electron chi connectivity index (χ0n) is 10.7. The smallest absolute Gasteiger partial charge is 0.356 e. The minimum absolute atomic E-state index is 0.118. The molecule has 0 saturated carbocycles. The van der Waals surface area contributed by atoms with Crippen molar-refractivity contribution < 1.29 is 22.7 Å². The maximum atomic E-state index is 12.8. The number of hydrogen-bond acceptors (Lipinski definition) is 4. The average Bonchev–Trinajstić information content (AvgIpc) is 2.41. The number of anilines is 1. The summed E-state index contributed by atoms with van der Waals surface area (Å²) in [6.07, 6.45) is 1.25. The summed E-state index contributed by atoms with van der Waals surface area (Å²) >= 11 is 0. The number of pyridine rings is 1. The molecule has 2 N–H and O–H groups in total. The van der Waals surface area contributed by atoms with Crippen molar-refractivity contribution in [3.8, 4) is 0 Å². The molecule has 0 amide bonds. The summed E-state index contributed by atoms with van der Waals surface area (Å²) in [5.74, 6) is -2.21. The average molecular weight is 310 g/mol. The second-order valence-corrected chi connectivity index (χ2v) is 5.91. The molecule has 1 heterocycles. The van der Waals surface area contributed by atoms with Gasteiger partial charge in [-0.2, -0.15) is 0 Å². The highest BCUT2D eigenvalue weighted by Crippen LogP contribution is 2.16. The van der Waals surface area contributed by atoms with Gasteiger partial charge in [0.1, 0.15) is 5.82 Å². The molecule has 0 spiro atoms. The van der Waals surface area contributed by atoms with Gasteiger partial charge >= 0.3 is 5.97 Å². The van der Waals surface area contributed by atoms with Crippen LogP contribution in [0.5, 0.6) is 0 Å². The minimum atomic E-state index is -3.83. The first-order valence-corrected chi connectivity index (χ1v) is 7.46. The maximum Gasteiger partial charge on any atom is 0.356 e. The number of carbonyl (C=O) groups is 1. The number of aromatic nitrogens is 1. The van der Waals surface area contributed by atoms with E-state index in [0.29, 0.717) is 5.56 Å². The quantitative estimate of drug-likeness (QED) is 0.878. The number of halogens is 1. The summed E-state index contributed by atoms with van der Waals surface area (Å²) < 4.78 is 38.9. The fraction of sp³-hybridized carbons (Fsp3) is 0.0769. The van der Waals surface area contributed by atoms with E-state index in [1.54, 1.807) is 0 Å². The van der Waals surface area contributed by atoms with E-state index in [0.717, 1.165) is 12.1 Å². The molecular weight excluding hydrogens is 299 g/mol. The van der Waals surface area contributed by atoms with E-state index < -0.39 is 27.6 Å². The van der Waals surface area contributed by atoms with Gasteiger partial charge in [0, 0.05) is 6.20 Å². The number of sulfonamides is 1. The second-order valence-electron chi connectivity index (χ2n) is 4.19. The normalized spacial score (nSPS) is 11.1.